The van der Waals surface area contributed by atoms with Gasteiger partial charge in [0, 0.05) is 25.8 Å². The van der Waals surface area contributed by atoms with Crippen molar-refractivity contribution in [3.05, 3.63) is 70.3 Å². The van der Waals surface area contributed by atoms with Crippen LogP contribution in [0.5, 0.6) is 0 Å². The van der Waals surface area contributed by atoms with Gasteiger partial charge in [0.2, 0.25) is 5.91 Å². The number of para-hydroxylation sites is 2. The van der Waals surface area contributed by atoms with Crippen LogP contribution in [0.1, 0.15) is 43.7 Å². The normalized spacial score (nSPS) is 15.4. The molecule has 160 valence electrons. The number of nitrogens with zero attached hydrogens (tertiary/aromatic N) is 2. The van der Waals surface area contributed by atoms with E-state index in [2.05, 4.69) is 5.32 Å². The number of rotatable bonds is 9. The average molecular weight is 412 g/mol. The van der Waals surface area contributed by atoms with Crippen LogP contribution >= 0.6 is 0 Å². The van der Waals surface area contributed by atoms with Crippen LogP contribution in [0, 0.1) is 10.1 Å². The van der Waals surface area contributed by atoms with Gasteiger partial charge in [-0.1, -0.05) is 61.7 Å². The van der Waals surface area contributed by atoms with Crippen LogP contribution in [0.15, 0.2) is 54.6 Å². The molecule has 0 heterocycles. The van der Waals surface area contributed by atoms with Crippen LogP contribution in [-0.4, -0.2) is 37.1 Å². The Morgan fingerprint density at radius 3 is 2.47 bits per heavy atom. The van der Waals surface area contributed by atoms with Gasteiger partial charge in [0.05, 0.1) is 11.5 Å². The number of nitrogens with one attached hydrogen (secondary N) is 1. The average Bonchev–Trinajstić information content (AvgIpc) is 2.77. The second-order valence-electron chi connectivity index (χ2n) is 7.59. The number of methoxy groups -OCH3 is 1. The molecule has 1 fully saturated rings. The van der Waals surface area contributed by atoms with Crippen molar-refractivity contribution in [2.24, 2.45) is 0 Å². The molecule has 1 aliphatic rings. The van der Waals surface area contributed by atoms with Crippen LogP contribution in [0.4, 0.5) is 11.4 Å². The molecule has 7 nitrogen and oxygen atoms in total. The molecule has 2 aromatic rings. The summed E-state index contributed by atoms with van der Waals surface area (Å²) < 4.78 is 5.27. The van der Waals surface area contributed by atoms with E-state index in [1.165, 1.54) is 12.5 Å². The van der Waals surface area contributed by atoms with Crippen molar-refractivity contribution in [3.8, 4) is 0 Å². The Morgan fingerprint density at radius 1 is 1.13 bits per heavy atom. The van der Waals surface area contributed by atoms with Crippen molar-refractivity contribution in [3.63, 3.8) is 0 Å². The lowest BCUT2D eigenvalue weighted by molar-refractivity contribution is -0.384. The Labute approximate surface area is 177 Å². The molecule has 1 amide bonds. The second-order valence-corrected chi connectivity index (χ2v) is 7.59. The molecular weight excluding hydrogens is 382 g/mol. The molecule has 0 bridgehead atoms. The summed E-state index contributed by atoms with van der Waals surface area (Å²) in [5.74, 6) is -0.137. The van der Waals surface area contributed by atoms with E-state index in [1.54, 1.807) is 30.2 Å². The highest BCUT2D eigenvalue weighted by Gasteiger charge is 2.33. The number of carbonyl (C=O) groups is 1. The fourth-order valence-corrected chi connectivity index (χ4v) is 4.07. The Hall–Kier alpha value is -2.93. The topological polar surface area (TPSA) is 84.7 Å². The third kappa shape index (κ3) is 5.36. The lowest BCUT2D eigenvalue weighted by Gasteiger charge is -2.34. The molecule has 3 rings (SSSR count). The molecule has 30 heavy (non-hydrogen) atoms. The fraction of sp³-hybridized carbons (Fsp3) is 0.435. The smallest absolute Gasteiger partial charge is 0.292 e. The van der Waals surface area contributed by atoms with Gasteiger partial charge >= 0.3 is 0 Å². The molecule has 1 atom stereocenters. The molecule has 7 heteroatoms. The van der Waals surface area contributed by atoms with E-state index in [4.69, 9.17) is 4.74 Å². The van der Waals surface area contributed by atoms with Crippen molar-refractivity contribution in [1.82, 2.24) is 5.32 Å². The summed E-state index contributed by atoms with van der Waals surface area (Å²) in [7, 11) is 1.58. The SMILES string of the molecule is COCCN(c1ccccc1[N+](=O)[O-])C(C(=O)NC1CCCCC1)c1ccccc1. The molecule has 0 aromatic heterocycles. The molecule has 0 radical (unpaired) electrons. The van der Waals surface area contributed by atoms with Gasteiger partial charge in [-0.15, -0.1) is 0 Å². The van der Waals surface area contributed by atoms with Gasteiger partial charge in [0.25, 0.3) is 5.69 Å². The van der Waals surface area contributed by atoms with Crippen LogP contribution in [0.2, 0.25) is 0 Å². The summed E-state index contributed by atoms with van der Waals surface area (Å²) in [6.07, 6.45) is 5.36. The van der Waals surface area contributed by atoms with Gasteiger partial charge in [0.15, 0.2) is 0 Å². The molecule has 0 spiro atoms. The standard InChI is InChI=1S/C23H29N3O4/c1-30-17-16-25(20-14-8-9-15-21(20)26(28)29)22(18-10-4-2-5-11-18)23(27)24-19-12-6-3-7-13-19/h2,4-5,8-11,14-15,19,22H,3,6-7,12-13,16-17H2,1H3,(H,24,27). The zero-order valence-electron chi connectivity index (χ0n) is 17.3. The van der Waals surface area contributed by atoms with Gasteiger partial charge in [-0.3, -0.25) is 14.9 Å². The van der Waals surface area contributed by atoms with Crippen molar-refractivity contribution in [2.45, 2.75) is 44.2 Å². The van der Waals surface area contributed by atoms with Crippen LogP contribution < -0.4 is 10.2 Å². The molecule has 1 unspecified atom stereocenters. The first-order valence-corrected chi connectivity index (χ1v) is 10.5. The van der Waals surface area contributed by atoms with Crippen LogP contribution in [0.25, 0.3) is 0 Å². The number of benzene rings is 2. The van der Waals surface area contributed by atoms with Gasteiger partial charge in [0.1, 0.15) is 11.7 Å². The van der Waals surface area contributed by atoms with E-state index in [0.717, 1.165) is 31.2 Å². The van der Waals surface area contributed by atoms with E-state index in [9.17, 15) is 14.9 Å². The van der Waals surface area contributed by atoms with E-state index < -0.39 is 11.0 Å². The molecule has 2 aromatic carbocycles. The maximum atomic E-state index is 13.5. The lowest BCUT2D eigenvalue weighted by atomic mass is 9.94. The first kappa shape index (κ1) is 21.8. The number of nitro groups is 1. The monoisotopic (exact) mass is 411 g/mol. The predicted octanol–water partition coefficient (Wildman–Crippen LogP) is 4.24. The highest BCUT2D eigenvalue weighted by Crippen LogP contribution is 2.34. The lowest BCUT2D eigenvalue weighted by Crippen LogP contribution is -2.46. The number of hydrogen-bond donors (Lipinski definition) is 1. The predicted molar refractivity (Wildman–Crippen MR) is 117 cm³/mol. The Kier molecular flexibility index (Phi) is 7.79. The number of amides is 1. The fourth-order valence-electron chi connectivity index (χ4n) is 4.07. The van der Waals surface area contributed by atoms with E-state index >= 15 is 0 Å². The minimum atomic E-state index is -0.690. The van der Waals surface area contributed by atoms with Crippen LogP contribution in [0.3, 0.4) is 0 Å². The largest absolute Gasteiger partial charge is 0.383 e. The third-order valence-corrected chi connectivity index (χ3v) is 5.55. The first-order valence-electron chi connectivity index (χ1n) is 10.5. The summed E-state index contributed by atoms with van der Waals surface area (Å²) >= 11 is 0. The van der Waals surface area contributed by atoms with E-state index in [0.29, 0.717) is 18.8 Å². The number of anilines is 1. The highest BCUT2D eigenvalue weighted by molar-refractivity contribution is 5.88. The minimum absolute atomic E-state index is 0.0278. The summed E-state index contributed by atoms with van der Waals surface area (Å²) in [5, 5.41) is 14.9. The van der Waals surface area contributed by atoms with Crippen molar-refractivity contribution >= 4 is 17.3 Å². The zero-order valence-corrected chi connectivity index (χ0v) is 17.3. The number of ether oxygens (including phenoxy) is 1. The third-order valence-electron chi connectivity index (χ3n) is 5.55. The van der Waals surface area contributed by atoms with Gasteiger partial charge in [-0.2, -0.15) is 0 Å². The Bertz CT molecular complexity index is 837. The highest BCUT2D eigenvalue weighted by atomic mass is 16.6. The number of nitro benzene ring substituents is 1. The minimum Gasteiger partial charge on any atom is -0.383 e. The molecule has 1 saturated carbocycles. The summed E-state index contributed by atoms with van der Waals surface area (Å²) in [5.41, 5.74) is 1.17. The first-order chi connectivity index (χ1) is 14.6. The van der Waals surface area contributed by atoms with Gasteiger partial charge < -0.3 is 15.0 Å². The molecule has 0 saturated heterocycles. The van der Waals surface area contributed by atoms with Gasteiger partial charge in [-0.25, -0.2) is 0 Å². The zero-order chi connectivity index (χ0) is 21.3. The quantitative estimate of drug-likeness (QED) is 0.493. The Balaban J connectivity index is 2.01. The van der Waals surface area contributed by atoms with Crippen molar-refractivity contribution in [2.75, 3.05) is 25.2 Å². The van der Waals surface area contributed by atoms with Crippen molar-refractivity contribution in [1.29, 1.82) is 0 Å². The van der Waals surface area contributed by atoms with E-state index in [1.807, 2.05) is 30.3 Å². The Morgan fingerprint density at radius 2 is 1.80 bits per heavy atom. The summed E-state index contributed by atoms with van der Waals surface area (Å²) in [4.78, 5) is 26.6. The molecular formula is C23H29N3O4. The maximum absolute atomic E-state index is 13.5. The second kappa shape index (κ2) is 10.7. The molecule has 1 N–H and O–H groups in total. The molecule has 1 aliphatic carbocycles. The maximum Gasteiger partial charge on any atom is 0.292 e. The van der Waals surface area contributed by atoms with E-state index in [-0.39, 0.29) is 17.6 Å². The van der Waals surface area contributed by atoms with Crippen LogP contribution in [-0.2, 0) is 9.53 Å². The summed E-state index contributed by atoms with van der Waals surface area (Å²) in [6, 6.07) is 15.4. The van der Waals surface area contributed by atoms with Crippen molar-refractivity contribution < 1.29 is 14.5 Å². The number of carbonyl (C=O) groups excluding carboxylic acids is 1. The number of hydrogen-bond acceptors (Lipinski definition) is 5. The van der Waals surface area contributed by atoms with Gasteiger partial charge in [-0.05, 0) is 24.5 Å². The summed E-state index contributed by atoms with van der Waals surface area (Å²) in [6.45, 7) is 0.686. The molecule has 0 aliphatic heterocycles.